The highest BCUT2D eigenvalue weighted by molar-refractivity contribution is 5.61. The minimum Gasteiger partial charge on any atom is -0.454 e. The first kappa shape index (κ1) is 21.8. The highest BCUT2D eigenvalue weighted by Crippen LogP contribution is 2.31. The van der Waals surface area contributed by atoms with Gasteiger partial charge in [-0.1, -0.05) is 18.2 Å². The molecule has 160 valence electrons. The molecule has 6 nitrogen and oxygen atoms in total. The van der Waals surface area contributed by atoms with E-state index in [1.54, 1.807) is 0 Å². The molecule has 0 radical (unpaired) electrons. The van der Waals surface area contributed by atoms with Crippen LogP contribution in [0.5, 0.6) is 6.01 Å². The van der Waals surface area contributed by atoms with Crippen molar-refractivity contribution < 1.29 is 31.1 Å². The van der Waals surface area contributed by atoms with Gasteiger partial charge in [-0.2, -0.15) is 46.6 Å². The molecule has 12 heteroatoms. The van der Waals surface area contributed by atoms with Crippen LogP contribution in [0.25, 0.3) is 11.4 Å². The molecule has 1 N–H and O–H groups in total. The third-order valence-electron chi connectivity index (χ3n) is 3.68. The largest absolute Gasteiger partial charge is 0.454 e. The normalized spacial score (nSPS) is 11.6. The molecule has 0 saturated heterocycles. The molecule has 0 bridgehead atoms. The van der Waals surface area contributed by atoms with Gasteiger partial charge in [0.2, 0.25) is 5.95 Å². The van der Waals surface area contributed by atoms with Crippen molar-refractivity contribution in [3.05, 3.63) is 59.7 Å². The van der Waals surface area contributed by atoms with E-state index in [1.807, 2.05) is 6.07 Å². The molecular formula is C19H11F6N5O. The van der Waals surface area contributed by atoms with Crippen molar-refractivity contribution in [2.75, 3.05) is 11.9 Å². The molecule has 0 aliphatic carbocycles. The van der Waals surface area contributed by atoms with Gasteiger partial charge in [0.25, 0.3) is 0 Å². The Morgan fingerprint density at radius 1 is 0.935 bits per heavy atom. The minimum absolute atomic E-state index is 0.0560. The quantitative estimate of drug-likeness (QED) is 0.556. The second-order valence-electron chi connectivity index (χ2n) is 6.07. The molecule has 1 aromatic heterocycles. The lowest BCUT2D eigenvalue weighted by Gasteiger charge is -2.12. The third kappa shape index (κ3) is 6.05. The number of hydrogen-bond acceptors (Lipinski definition) is 6. The summed E-state index contributed by atoms with van der Waals surface area (Å²) < 4.78 is 80.9. The summed E-state index contributed by atoms with van der Waals surface area (Å²) in [4.78, 5) is 11.5. The molecule has 0 saturated carbocycles. The predicted molar refractivity (Wildman–Crippen MR) is 96.3 cm³/mol. The maximum atomic E-state index is 12.9. The minimum atomic E-state index is -4.66. The molecule has 0 aliphatic rings. The third-order valence-corrected chi connectivity index (χ3v) is 3.68. The number of benzene rings is 2. The topological polar surface area (TPSA) is 83.7 Å². The Bertz CT molecular complexity index is 1120. The lowest BCUT2D eigenvalue weighted by Crippen LogP contribution is -2.20. The maximum absolute atomic E-state index is 12.9. The summed E-state index contributed by atoms with van der Waals surface area (Å²) in [6.07, 6.45) is -9.26. The zero-order chi connectivity index (χ0) is 22.6. The Morgan fingerprint density at radius 3 is 2.35 bits per heavy atom. The van der Waals surface area contributed by atoms with E-state index in [2.05, 4.69) is 25.0 Å². The van der Waals surface area contributed by atoms with Crippen LogP contribution in [0.3, 0.4) is 0 Å². The number of aromatic nitrogens is 3. The molecule has 0 atom stereocenters. The number of hydrogen-bond donors (Lipinski definition) is 1. The smallest absolute Gasteiger partial charge is 0.422 e. The van der Waals surface area contributed by atoms with E-state index in [9.17, 15) is 26.3 Å². The van der Waals surface area contributed by atoms with E-state index in [0.29, 0.717) is 0 Å². The van der Waals surface area contributed by atoms with Gasteiger partial charge in [0.05, 0.1) is 17.2 Å². The highest BCUT2D eigenvalue weighted by Gasteiger charge is 2.31. The molecule has 0 aliphatic heterocycles. The van der Waals surface area contributed by atoms with E-state index in [0.717, 1.165) is 18.2 Å². The van der Waals surface area contributed by atoms with Crippen molar-refractivity contribution in [1.29, 1.82) is 5.26 Å². The first-order valence-corrected chi connectivity index (χ1v) is 8.44. The number of rotatable bonds is 5. The van der Waals surface area contributed by atoms with Crippen LogP contribution in [-0.4, -0.2) is 27.7 Å². The van der Waals surface area contributed by atoms with Gasteiger partial charge in [0, 0.05) is 11.3 Å². The van der Waals surface area contributed by atoms with Crippen molar-refractivity contribution in [3.63, 3.8) is 0 Å². The Balaban J connectivity index is 1.99. The lowest BCUT2D eigenvalue weighted by molar-refractivity contribution is -0.154. The summed E-state index contributed by atoms with van der Waals surface area (Å²) in [5, 5.41) is 11.5. The number of halogens is 6. The fraction of sp³-hybridized carbons (Fsp3) is 0.158. The van der Waals surface area contributed by atoms with Crippen LogP contribution in [0.1, 0.15) is 11.1 Å². The van der Waals surface area contributed by atoms with Gasteiger partial charge < -0.3 is 10.1 Å². The van der Waals surface area contributed by atoms with Gasteiger partial charge in [-0.15, -0.1) is 0 Å². The summed E-state index contributed by atoms with van der Waals surface area (Å²) in [6.45, 7) is -1.68. The predicted octanol–water partition coefficient (Wildman–Crippen LogP) is 5.11. The first-order valence-electron chi connectivity index (χ1n) is 8.44. The lowest BCUT2D eigenvalue weighted by atomic mass is 10.1. The number of alkyl halides is 6. The van der Waals surface area contributed by atoms with Crippen molar-refractivity contribution >= 4 is 11.6 Å². The van der Waals surface area contributed by atoms with Crippen LogP contribution >= 0.6 is 0 Å². The number of nitrogens with zero attached hydrogens (tertiary/aromatic N) is 4. The van der Waals surface area contributed by atoms with E-state index < -0.39 is 30.5 Å². The van der Waals surface area contributed by atoms with Crippen LogP contribution in [0.2, 0.25) is 0 Å². The monoisotopic (exact) mass is 439 g/mol. The van der Waals surface area contributed by atoms with Gasteiger partial charge in [-0.25, -0.2) is 0 Å². The molecular weight excluding hydrogens is 428 g/mol. The second-order valence-corrected chi connectivity index (χ2v) is 6.07. The Labute approximate surface area is 171 Å². The summed E-state index contributed by atoms with van der Waals surface area (Å²) in [5.74, 6) is -0.484. The Hall–Kier alpha value is -3.88. The van der Waals surface area contributed by atoms with E-state index >= 15 is 0 Å². The molecule has 2 aromatic carbocycles. The summed E-state index contributed by atoms with van der Waals surface area (Å²) in [6, 6.07) is 11.2. The van der Waals surface area contributed by atoms with Crippen LogP contribution in [-0.2, 0) is 6.18 Å². The van der Waals surface area contributed by atoms with Gasteiger partial charge in [-0.05, 0) is 30.3 Å². The molecule has 3 rings (SSSR count). The standard InChI is InChI=1S/C19H11F6N5O/c20-18(21,22)10-31-17-29-15(12-4-1-3-11(7-12)9-26)28-16(30-17)27-14-6-2-5-13(8-14)19(23,24)25/h1-8H,10H2,(H,27,28,29,30). The SMILES string of the molecule is N#Cc1cccc(-c2nc(Nc3cccc(C(F)(F)F)c3)nc(OCC(F)(F)F)n2)c1. The van der Waals surface area contributed by atoms with Crippen molar-refractivity contribution in [1.82, 2.24) is 15.0 Å². The van der Waals surface area contributed by atoms with Gasteiger partial charge in [0.15, 0.2) is 12.4 Å². The number of anilines is 2. The van der Waals surface area contributed by atoms with E-state index in [1.165, 1.54) is 30.3 Å². The van der Waals surface area contributed by atoms with Gasteiger partial charge in [-0.3, -0.25) is 0 Å². The number of nitriles is 1. The molecule has 0 spiro atoms. The zero-order valence-electron chi connectivity index (χ0n) is 15.3. The zero-order valence-corrected chi connectivity index (χ0v) is 15.3. The first-order chi connectivity index (χ1) is 14.5. The van der Waals surface area contributed by atoms with Gasteiger partial charge >= 0.3 is 18.4 Å². The number of nitrogens with one attached hydrogen (secondary N) is 1. The maximum Gasteiger partial charge on any atom is 0.422 e. The summed E-state index contributed by atoms with van der Waals surface area (Å²) in [5.41, 5.74) is -0.491. The van der Waals surface area contributed by atoms with Crippen LogP contribution in [0.4, 0.5) is 38.0 Å². The average molecular weight is 439 g/mol. The van der Waals surface area contributed by atoms with Crippen LogP contribution in [0.15, 0.2) is 48.5 Å². The Kier molecular flexibility index (Phi) is 5.96. The van der Waals surface area contributed by atoms with E-state index in [4.69, 9.17) is 5.26 Å². The van der Waals surface area contributed by atoms with Crippen LogP contribution in [0, 0.1) is 11.3 Å². The highest BCUT2D eigenvalue weighted by atomic mass is 19.4. The van der Waals surface area contributed by atoms with Gasteiger partial charge in [0.1, 0.15) is 0 Å². The molecule has 0 fully saturated rings. The van der Waals surface area contributed by atoms with E-state index in [-0.39, 0.29) is 28.6 Å². The molecule has 1 heterocycles. The molecule has 31 heavy (non-hydrogen) atoms. The molecule has 0 amide bonds. The van der Waals surface area contributed by atoms with Crippen molar-refractivity contribution in [2.24, 2.45) is 0 Å². The fourth-order valence-corrected chi connectivity index (χ4v) is 2.38. The summed E-state index contributed by atoms with van der Waals surface area (Å²) >= 11 is 0. The van der Waals surface area contributed by atoms with Crippen LogP contribution < -0.4 is 10.1 Å². The molecule has 0 unspecified atom stereocenters. The fourth-order valence-electron chi connectivity index (χ4n) is 2.38. The summed E-state index contributed by atoms with van der Waals surface area (Å²) in [7, 11) is 0. The second kappa shape index (κ2) is 8.47. The average Bonchev–Trinajstić information content (AvgIpc) is 2.71. The van der Waals surface area contributed by atoms with Crippen molar-refractivity contribution in [3.8, 4) is 23.5 Å². The molecule has 3 aromatic rings. The van der Waals surface area contributed by atoms with Crippen molar-refractivity contribution in [2.45, 2.75) is 12.4 Å². The number of ether oxygens (including phenoxy) is 1. The Morgan fingerprint density at radius 2 is 1.68 bits per heavy atom.